The van der Waals surface area contributed by atoms with Gasteiger partial charge in [0, 0.05) is 42.8 Å². The Morgan fingerprint density at radius 2 is 2.22 bits per heavy atom. The number of aryl methyl sites for hydroxylation is 1. The molecule has 1 amide bonds. The van der Waals surface area contributed by atoms with Crippen molar-refractivity contribution in [2.75, 3.05) is 12.3 Å². The topological polar surface area (TPSA) is 81.0 Å². The van der Waals surface area contributed by atoms with E-state index in [1.165, 1.54) is 12.3 Å². The zero-order chi connectivity index (χ0) is 21.6. The first-order valence-electron chi connectivity index (χ1n) is 10.1. The van der Waals surface area contributed by atoms with Gasteiger partial charge in [-0.2, -0.15) is 0 Å². The summed E-state index contributed by atoms with van der Waals surface area (Å²) in [4.78, 5) is 29.5. The van der Waals surface area contributed by atoms with Gasteiger partial charge in [0.25, 0.3) is 11.5 Å². The van der Waals surface area contributed by atoms with Crippen molar-refractivity contribution in [2.24, 2.45) is 7.05 Å². The Bertz CT molecular complexity index is 1200. The Labute approximate surface area is 165 Å². The molecule has 0 unspecified atom stereocenters. The zero-order valence-corrected chi connectivity index (χ0v) is 15.4. The predicted molar refractivity (Wildman–Crippen MR) is 106 cm³/mol. The van der Waals surface area contributed by atoms with Crippen LogP contribution in [0, 0.1) is 0 Å². The quantitative estimate of drug-likeness (QED) is 0.672. The molecule has 140 valence electrons. The molecule has 0 aromatic carbocycles. The molecule has 27 heavy (non-hydrogen) atoms. The molecule has 3 aromatic heterocycles. The first-order valence-corrected chi connectivity index (χ1v) is 8.97. The van der Waals surface area contributed by atoms with E-state index >= 15 is 0 Å². The summed E-state index contributed by atoms with van der Waals surface area (Å²) in [5.74, 6) is -0.825. The molecule has 2 N–H and O–H groups in total. The number of carbonyl (C=O) groups is 1. The molecule has 4 rings (SSSR count). The Kier molecular flexibility index (Phi) is 3.56. The fourth-order valence-corrected chi connectivity index (χ4v) is 3.55. The molecule has 0 radical (unpaired) electrons. The van der Waals surface area contributed by atoms with Crippen molar-refractivity contribution in [3.8, 4) is 0 Å². The first kappa shape index (κ1) is 14.3. The molecule has 0 bridgehead atoms. The van der Waals surface area contributed by atoms with E-state index in [9.17, 15) is 9.59 Å². The largest absolute Gasteiger partial charge is 0.355 e. The molecular formula is C19H20ClN5O2. The number of amides is 1. The van der Waals surface area contributed by atoms with E-state index in [1.54, 1.807) is 10.8 Å². The second-order valence-electron chi connectivity index (χ2n) is 6.66. The van der Waals surface area contributed by atoms with Crippen LogP contribution in [0.3, 0.4) is 0 Å². The summed E-state index contributed by atoms with van der Waals surface area (Å²) in [5.41, 5.74) is 1.38. The van der Waals surface area contributed by atoms with Gasteiger partial charge in [-0.25, -0.2) is 4.98 Å². The summed E-state index contributed by atoms with van der Waals surface area (Å²) in [7, 11) is 1.82. The van der Waals surface area contributed by atoms with Gasteiger partial charge in [0.2, 0.25) is 0 Å². The molecule has 1 saturated carbocycles. The zero-order valence-electron chi connectivity index (χ0n) is 17.6. The third-order valence-corrected chi connectivity index (χ3v) is 5.24. The average Bonchev–Trinajstić information content (AvgIpc) is 2.90. The van der Waals surface area contributed by atoms with Crippen LogP contribution >= 0.6 is 11.6 Å². The highest BCUT2D eigenvalue weighted by atomic mass is 35.5. The number of hydrogen-bond acceptors (Lipinski definition) is 4. The predicted octanol–water partition coefficient (Wildman–Crippen LogP) is 3.22. The lowest BCUT2D eigenvalue weighted by Crippen LogP contribution is -2.28. The minimum Gasteiger partial charge on any atom is -0.355 e. The number of anilines is 2. The van der Waals surface area contributed by atoms with Gasteiger partial charge in [0.15, 0.2) is 0 Å². The van der Waals surface area contributed by atoms with Crippen LogP contribution in [-0.2, 0) is 7.05 Å². The third kappa shape index (κ3) is 2.98. The molecule has 8 heteroatoms. The molecule has 3 heterocycles. The molecule has 0 atom stereocenters. The fourth-order valence-electron chi connectivity index (χ4n) is 3.39. The van der Waals surface area contributed by atoms with Gasteiger partial charge in [0.1, 0.15) is 5.15 Å². The summed E-state index contributed by atoms with van der Waals surface area (Å²) < 4.78 is 25.3. The number of carbonyl (C=O) groups excluding carboxylic acids is 1. The van der Waals surface area contributed by atoms with Crippen LogP contribution in [0.25, 0.3) is 10.9 Å². The van der Waals surface area contributed by atoms with Crippen LogP contribution in [0.1, 0.15) is 39.8 Å². The maximum atomic E-state index is 13.2. The lowest BCUT2D eigenvalue weighted by molar-refractivity contribution is 0.0963. The van der Waals surface area contributed by atoms with Crippen molar-refractivity contribution in [2.45, 2.75) is 25.3 Å². The number of aromatic nitrogens is 3. The normalized spacial score (nSPS) is 16.3. The number of halogens is 1. The Morgan fingerprint density at radius 3 is 2.93 bits per heavy atom. The molecule has 1 aliphatic rings. The van der Waals surface area contributed by atoms with Crippen molar-refractivity contribution < 1.29 is 8.91 Å². The molecule has 3 aromatic rings. The standard InChI is InChI=1S/C19H20ClN5O2/c1-21-18(26)12-9-22-16(20)8-13(12)23-14-10-24(2)15-6-7-25(11-4-3-5-11)19(27)17(14)15/h6-11H,3-5H2,1-2H3,(H,21,26)(H,22,23)/i1D3. The summed E-state index contributed by atoms with van der Waals surface area (Å²) in [6, 6.07) is 3.51. The maximum Gasteiger partial charge on any atom is 0.262 e. The van der Waals surface area contributed by atoms with Crippen molar-refractivity contribution in [1.29, 1.82) is 0 Å². The number of nitrogens with zero attached hydrogens (tertiary/aromatic N) is 3. The summed E-state index contributed by atoms with van der Waals surface area (Å²) in [6.45, 7) is -2.65. The molecule has 0 saturated heterocycles. The molecule has 7 nitrogen and oxygen atoms in total. The van der Waals surface area contributed by atoms with E-state index in [2.05, 4.69) is 10.3 Å². The highest BCUT2D eigenvalue weighted by Crippen LogP contribution is 2.33. The van der Waals surface area contributed by atoms with Crippen LogP contribution in [-0.4, -0.2) is 27.0 Å². The molecule has 1 fully saturated rings. The molecule has 0 spiro atoms. The van der Waals surface area contributed by atoms with Gasteiger partial charge >= 0.3 is 0 Å². The SMILES string of the molecule is [2H]C([2H])([2H])NC(=O)c1cnc(Cl)cc1Nc1cn(C)c2ccn(C3CCC3)c(=O)c12. The summed E-state index contributed by atoms with van der Waals surface area (Å²) in [6.07, 6.45) is 7.81. The fraction of sp³-hybridized carbons (Fsp3) is 0.316. The van der Waals surface area contributed by atoms with E-state index in [1.807, 2.05) is 29.2 Å². The second kappa shape index (κ2) is 6.74. The Hall–Kier alpha value is -2.80. The maximum absolute atomic E-state index is 13.2. The number of rotatable bonds is 4. The minimum atomic E-state index is -2.65. The van der Waals surface area contributed by atoms with Crippen LogP contribution in [0.15, 0.2) is 35.5 Å². The first-order chi connectivity index (χ1) is 14.1. The van der Waals surface area contributed by atoms with Crippen LogP contribution in [0.2, 0.25) is 5.15 Å². The number of fused-ring (bicyclic) bond motifs is 1. The highest BCUT2D eigenvalue weighted by Gasteiger charge is 2.23. The van der Waals surface area contributed by atoms with Gasteiger partial charge in [0.05, 0.1) is 27.8 Å². The van der Waals surface area contributed by atoms with Crippen LogP contribution in [0.4, 0.5) is 11.4 Å². The second-order valence-corrected chi connectivity index (χ2v) is 7.05. The van der Waals surface area contributed by atoms with Crippen molar-refractivity contribution in [3.05, 3.63) is 51.8 Å². The highest BCUT2D eigenvalue weighted by molar-refractivity contribution is 6.29. The van der Waals surface area contributed by atoms with E-state index in [0.717, 1.165) is 24.8 Å². The van der Waals surface area contributed by atoms with Gasteiger partial charge in [-0.05, 0) is 31.4 Å². The van der Waals surface area contributed by atoms with Crippen molar-refractivity contribution >= 4 is 39.8 Å². The molecule has 1 aliphatic carbocycles. The number of hydrogen-bond donors (Lipinski definition) is 2. The minimum absolute atomic E-state index is 0.00257. The van der Waals surface area contributed by atoms with Gasteiger partial charge < -0.3 is 19.8 Å². The average molecular weight is 389 g/mol. The summed E-state index contributed by atoms with van der Waals surface area (Å²) >= 11 is 6.00. The van der Waals surface area contributed by atoms with Gasteiger partial charge in [-0.3, -0.25) is 9.59 Å². The van der Waals surface area contributed by atoms with E-state index in [-0.39, 0.29) is 28.0 Å². The van der Waals surface area contributed by atoms with Gasteiger partial charge in [-0.15, -0.1) is 0 Å². The Morgan fingerprint density at radius 1 is 1.41 bits per heavy atom. The van der Waals surface area contributed by atoms with E-state index in [0.29, 0.717) is 11.1 Å². The third-order valence-electron chi connectivity index (χ3n) is 5.04. The molecule has 0 aliphatic heterocycles. The number of pyridine rings is 2. The van der Waals surface area contributed by atoms with Crippen LogP contribution < -0.4 is 16.2 Å². The lowest BCUT2D eigenvalue weighted by atomic mass is 9.93. The summed E-state index contributed by atoms with van der Waals surface area (Å²) in [5, 5.41) is 5.63. The van der Waals surface area contributed by atoms with E-state index < -0.39 is 12.9 Å². The van der Waals surface area contributed by atoms with Gasteiger partial charge in [-0.1, -0.05) is 11.6 Å². The van der Waals surface area contributed by atoms with Crippen LogP contribution in [0.5, 0.6) is 0 Å². The monoisotopic (exact) mass is 388 g/mol. The Balaban J connectivity index is 1.79. The van der Waals surface area contributed by atoms with Crippen molar-refractivity contribution in [3.63, 3.8) is 0 Å². The number of nitrogens with one attached hydrogen (secondary N) is 2. The lowest BCUT2D eigenvalue weighted by Gasteiger charge is -2.27. The van der Waals surface area contributed by atoms with Crippen molar-refractivity contribution in [1.82, 2.24) is 19.4 Å². The smallest absolute Gasteiger partial charge is 0.262 e. The molecular weight excluding hydrogens is 366 g/mol. The van der Waals surface area contributed by atoms with E-state index in [4.69, 9.17) is 15.7 Å².